The molecular weight excluding hydrogens is 272 g/mol. The summed E-state index contributed by atoms with van der Waals surface area (Å²) in [6, 6.07) is 0. The molecule has 88 valence electrons. The van der Waals surface area contributed by atoms with E-state index in [1.807, 2.05) is 23.5 Å². The van der Waals surface area contributed by atoms with E-state index in [1.54, 1.807) is 10.5 Å². The highest BCUT2D eigenvalue weighted by molar-refractivity contribution is 8.36. The average Bonchev–Trinajstić information content (AvgIpc) is 2.81. The Kier molecular flexibility index (Phi) is 3.15. The molecule has 0 spiro atoms. The van der Waals surface area contributed by atoms with Gasteiger partial charge in [-0.15, -0.1) is 47.0 Å². The van der Waals surface area contributed by atoms with Gasteiger partial charge in [0.1, 0.15) is 3.41 Å². The number of thioether (sulfide) groups is 4. The van der Waals surface area contributed by atoms with E-state index in [4.69, 9.17) is 0 Å². The van der Waals surface area contributed by atoms with Crippen molar-refractivity contribution in [3.63, 3.8) is 0 Å². The van der Waals surface area contributed by atoms with Crippen molar-refractivity contribution in [1.82, 2.24) is 0 Å². The molecule has 0 amide bonds. The SMILES string of the molecule is CCC1=C(SC)C2C=CC3SC1(SC)SC32. The van der Waals surface area contributed by atoms with Gasteiger partial charge in [0.05, 0.1) is 0 Å². The minimum atomic E-state index is 0.337. The molecule has 4 heteroatoms. The van der Waals surface area contributed by atoms with Crippen LogP contribution in [0.2, 0.25) is 0 Å². The van der Waals surface area contributed by atoms with Gasteiger partial charge in [-0.3, -0.25) is 0 Å². The number of rotatable bonds is 3. The second-order valence-corrected chi connectivity index (χ2v) is 9.67. The lowest BCUT2D eigenvalue weighted by molar-refractivity contribution is 0.774. The molecule has 0 N–H and O–H groups in total. The van der Waals surface area contributed by atoms with Gasteiger partial charge in [0.2, 0.25) is 0 Å². The summed E-state index contributed by atoms with van der Waals surface area (Å²) in [7, 11) is 0. The van der Waals surface area contributed by atoms with Gasteiger partial charge in [-0.05, 0) is 29.4 Å². The predicted octanol–water partition coefficient (Wildman–Crippen LogP) is 4.45. The van der Waals surface area contributed by atoms with E-state index in [2.05, 4.69) is 55.1 Å². The molecule has 0 aromatic carbocycles. The lowest BCUT2D eigenvalue weighted by Gasteiger charge is -2.37. The average molecular weight is 289 g/mol. The third-order valence-corrected chi connectivity index (χ3v) is 10.3. The molecule has 0 saturated carbocycles. The van der Waals surface area contributed by atoms with Crippen molar-refractivity contribution in [1.29, 1.82) is 0 Å². The largest absolute Gasteiger partial charge is 0.133 e. The summed E-state index contributed by atoms with van der Waals surface area (Å²) in [5, 5.41) is 1.57. The molecule has 1 saturated heterocycles. The zero-order valence-corrected chi connectivity index (χ0v) is 13.0. The maximum Gasteiger partial charge on any atom is 0.130 e. The molecule has 0 nitrogen and oxygen atoms in total. The number of hydrogen-bond acceptors (Lipinski definition) is 4. The summed E-state index contributed by atoms with van der Waals surface area (Å²) in [6.07, 6.45) is 10.6. The fourth-order valence-corrected chi connectivity index (χ4v) is 9.95. The molecule has 0 radical (unpaired) electrons. The number of fused-ring (bicyclic) bond motifs is 1. The van der Waals surface area contributed by atoms with Crippen LogP contribution in [-0.4, -0.2) is 26.4 Å². The smallest absolute Gasteiger partial charge is 0.130 e. The van der Waals surface area contributed by atoms with Gasteiger partial charge in [-0.1, -0.05) is 19.1 Å². The minimum Gasteiger partial charge on any atom is -0.133 e. The Hall–Kier alpha value is 0.880. The number of hydrogen-bond donors (Lipinski definition) is 0. The molecular formula is C12H16S4. The molecule has 4 unspecified atom stereocenters. The van der Waals surface area contributed by atoms with E-state index >= 15 is 0 Å². The summed E-state index contributed by atoms with van der Waals surface area (Å²) in [5.41, 5.74) is 1.70. The zero-order valence-electron chi connectivity index (χ0n) is 9.73. The first kappa shape index (κ1) is 11.9. The Bertz CT molecular complexity index is 373. The fraction of sp³-hybridized carbons (Fsp3) is 0.667. The van der Waals surface area contributed by atoms with Crippen LogP contribution in [0.1, 0.15) is 13.3 Å². The van der Waals surface area contributed by atoms with Crippen molar-refractivity contribution < 1.29 is 0 Å². The summed E-state index contributed by atoms with van der Waals surface area (Å²) in [5.74, 6) is 0.718. The molecule has 2 heterocycles. The van der Waals surface area contributed by atoms with Crippen molar-refractivity contribution in [2.24, 2.45) is 5.92 Å². The summed E-state index contributed by atoms with van der Waals surface area (Å²) < 4.78 is 0.337. The lowest BCUT2D eigenvalue weighted by Crippen LogP contribution is -2.27. The highest BCUT2D eigenvalue weighted by atomic mass is 32.3. The van der Waals surface area contributed by atoms with E-state index in [9.17, 15) is 0 Å². The molecule has 2 bridgehead atoms. The van der Waals surface area contributed by atoms with Crippen molar-refractivity contribution in [2.45, 2.75) is 27.3 Å². The Morgan fingerprint density at radius 3 is 2.75 bits per heavy atom. The lowest BCUT2D eigenvalue weighted by atomic mass is 10.0. The molecule has 4 atom stereocenters. The van der Waals surface area contributed by atoms with Gasteiger partial charge in [0.25, 0.3) is 0 Å². The van der Waals surface area contributed by atoms with Crippen LogP contribution in [0.25, 0.3) is 0 Å². The Morgan fingerprint density at radius 1 is 1.31 bits per heavy atom. The van der Waals surface area contributed by atoms with Crippen LogP contribution in [-0.2, 0) is 0 Å². The Morgan fingerprint density at radius 2 is 2.12 bits per heavy atom. The van der Waals surface area contributed by atoms with E-state index in [1.165, 1.54) is 6.42 Å². The third-order valence-electron chi connectivity index (χ3n) is 3.58. The van der Waals surface area contributed by atoms with Crippen LogP contribution in [0.5, 0.6) is 0 Å². The molecule has 3 rings (SSSR count). The summed E-state index contributed by atoms with van der Waals surface area (Å²) in [4.78, 5) is 1.67. The molecule has 1 fully saturated rings. The van der Waals surface area contributed by atoms with Gasteiger partial charge in [-0.2, -0.15) is 0 Å². The van der Waals surface area contributed by atoms with Crippen LogP contribution in [0.15, 0.2) is 22.6 Å². The van der Waals surface area contributed by atoms with Gasteiger partial charge < -0.3 is 0 Å². The van der Waals surface area contributed by atoms with Gasteiger partial charge in [0.15, 0.2) is 0 Å². The van der Waals surface area contributed by atoms with Crippen LogP contribution in [0, 0.1) is 5.92 Å². The van der Waals surface area contributed by atoms with Crippen LogP contribution < -0.4 is 0 Å². The second-order valence-electron chi connectivity index (χ2n) is 4.24. The van der Waals surface area contributed by atoms with Crippen molar-refractivity contribution in [3.8, 4) is 0 Å². The maximum atomic E-state index is 2.46. The van der Waals surface area contributed by atoms with Crippen molar-refractivity contribution in [3.05, 3.63) is 22.6 Å². The highest BCUT2D eigenvalue weighted by Gasteiger charge is 2.56. The quantitative estimate of drug-likeness (QED) is 0.703. The summed E-state index contributed by atoms with van der Waals surface area (Å²) >= 11 is 8.45. The Labute approximate surface area is 115 Å². The first-order valence-electron chi connectivity index (χ1n) is 5.62. The number of allylic oxidation sites excluding steroid dienone is 2. The molecule has 0 aromatic rings. The van der Waals surface area contributed by atoms with Gasteiger partial charge >= 0.3 is 0 Å². The Balaban J connectivity index is 2.14. The molecule has 16 heavy (non-hydrogen) atoms. The zero-order chi connectivity index (χ0) is 11.3. The van der Waals surface area contributed by atoms with Crippen LogP contribution in [0.3, 0.4) is 0 Å². The maximum absolute atomic E-state index is 2.46. The molecule has 0 aromatic heterocycles. The minimum absolute atomic E-state index is 0.337. The van der Waals surface area contributed by atoms with Crippen molar-refractivity contribution in [2.75, 3.05) is 12.5 Å². The monoisotopic (exact) mass is 288 g/mol. The highest BCUT2D eigenvalue weighted by Crippen LogP contribution is 2.70. The second kappa shape index (κ2) is 4.22. The fourth-order valence-electron chi connectivity index (χ4n) is 2.89. The summed E-state index contributed by atoms with van der Waals surface area (Å²) in [6.45, 7) is 2.32. The normalized spacial score (nSPS) is 44.6. The molecule has 1 aliphatic carbocycles. The van der Waals surface area contributed by atoms with Crippen molar-refractivity contribution >= 4 is 47.0 Å². The first-order chi connectivity index (χ1) is 7.75. The first-order valence-corrected chi connectivity index (χ1v) is 9.83. The van der Waals surface area contributed by atoms with E-state index in [0.717, 1.165) is 16.4 Å². The van der Waals surface area contributed by atoms with E-state index in [-0.39, 0.29) is 0 Å². The van der Waals surface area contributed by atoms with Gasteiger partial charge in [-0.25, -0.2) is 0 Å². The van der Waals surface area contributed by atoms with E-state index < -0.39 is 0 Å². The van der Waals surface area contributed by atoms with E-state index in [0.29, 0.717) is 3.41 Å². The van der Waals surface area contributed by atoms with Crippen LogP contribution >= 0.6 is 47.0 Å². The standard InChI is InChI=1S/C12H16S4/c1-4-8-10(13-2)7-5-6-9-11(7)16-12(8,14-3)15-9/h5-7,9,11H,4H2,1-3H3. The molecule has 3 aliphatic rings. The predicted molar refractivity (Wildman–Crippen MR) is 82.5 cm³/mol. The molecule has 2 aliphatic heterocycles. The third kappa shape index (κ3) is 1.42. The van der Waals surface area contributed by atoms with Crippen LogP contribution in [0.4, 0.5) is 0 Å². The van der Waals surface area contributed by atoms with Gasteiger partial charge in [0, 0.05) is 16.4 Å². The topological polar surface area (TPSA) is 0 Å².